The molecule has 0 saturated heterocycles. The largest absolute Gasteiger partial charge is 0.352 e. The zero-order valence-electron chi connectivity index (χ0n) is 13.3. The van der Waals surface area contributed by atoms with Gasteiger partial charge in [0, 0.05) is 29.9 Å². The molecule has 1 amide bonds. The van der Waals surface area contributed by atoms with E-state index in [9.17, 15) is 14.9 Å². The van der Waals surface area contributed by atoms with Crippen LogP contribution in [0.15, 0.2) is 67.0 Å². The first-order valence-electron chi connectivity index (χ1n) is 7.71. The highest BCUT2D eigenvalue weighted by Gasteiger charge is 2.15. The molecule has 3 aromatic rings. The van der Waals surface area contributed by atoms with E-state index in [1.807, 2.05) is 36.5 Å². The van der Waals surface area contributed by atoms with Crippen LogP contribution >= 0.6 is 0 Å². The van der Waals surface area contributed by atoms with E-state index in [2.05, 4.69) is 10.4 Å². The number of aromatic nitrogens is 2. The highest BCUT2D eigenvalue weighted by Crippen LogP contribution is 2.18. The van der Waals surface area contributed by atoms with Gasteiger partial charge in [-0.15, -0.1) is 0 Å². The van der Waals surface area contributed by atoms with E-state index < -0.39 is 4.92 Å². The molecule has 0 radical (unpaired) electrons. The molecule has 25 heavy (non-hydrogen) atoms. The Morgan fingerprint density at radius 1 is 1.12 bits per heavy atom. The quantitative estimate of drug-likeness (QED) is 0.553. The van der Waals surface area contributed by atoms with Crippen molar-refractivity contribution in [2.24, 2.45) is 0 Å². The number of nitrogens with one attached hydrogen (secondary N) is 1. The number of benzene rings is 2. The maximum absolute atomic E-state index is 12.1. The summed E-state index contributed by atoms with van der Waals surface area (Å²) in [6, 6.07) is 15.9. The molecule has 1 heterocycles. The molecule has 0 spiro atoms. The van der Waals surface area contributed by atoms with Gasteiger partial charge in [-0.3, -0.25) is 14.9 Å². The fourth-order valence-corrected chi connectivity index (χ4v) is 2.45. The van der Waals surface area contributed by atoms with E-state index in [-0.39, 0.29) is 18.0 Å². The first kappa shape index (κ1) is 16.4. The van der Waals surface area contributed by atoms with E-state index in [0.717, 1.165) is 11.3 Å². The van der Waals surface area contributed by atoms with Gasteiger partial charge in [0.05, 0.1) is 23.2 Å². The molecule has 1 N–H and O–H groups in total. The Morgan fingerprint density at radius 3 is 2.60 bits per heavy atom. The summed E-state index contributed by atoms with van der Waals surface area (Å²) in [4.78, 5) is 22.6. The van der Waals surface area contributed by atoms with E-state index in [1.54, 1.807) is 29.1 Å². The minimum Gasteiger partial charge on any atom is -0.352 e. The van der Waals surface area contributed by atoms with Gasteiger partial charge in [-0.1, -0.05) is 36.4 Å². The van der Waals surface area contributed by atoms with E-state index in [1.165, 1.54) is 6.07 Å². The predicted octanol–water partition coefficient (Wildman–Crippen LogP) is 2.64. The summed E-state index contributed by atoms with van der Waals surface area (Å²) in [7, 11) is 0. The zero-order chi connectivity index (χ0) is 17.6. The Labute approximate surface area is 144 Å². The van der Waals surface area contributed by atoms with Crippen molar-refractivity contribution in [3.63, 3.8) is 0 Å². The molecule has 0 atom stereocenters. The summed E-state index contributed by atoms with van der Waals surface area (Å²) in [5, 5.41) is 18.0. The molecule has 0 bridgehead atoms. The smallest absolute Gasteiger partial charge is 0.273 e. The number of para-hydroxylation sites is 2. The Bertz CT molecular complexity index is 890. The Balaban J connectivity index is 1.60. The SMILES string of the molecule is O=C(Cc1ccccc1[N+](=O)[O-])NCc1cnn(-c2ccccc2)c1. The van der Waals surface area contributed by atoms with Crippen LogP contribution in [0.4, 0.5) is 5.69 Å². The van der Waals surface area contributed by atoms with Crippen molar-refractivity contribution in [1.29, 1.82) is 0 Å². The number of hydrogen-bond acceptors (Lipinski definition) is 4. The van der Waals surface area contributed by atoms with Crippen molar-refractivity contribution in [1.82, 2.24) is 15.1 Å². The fourth-order valence-electron chi connectivity index (χ4n) is 2.45. The maximum atomic E-state index is 12.1. The molecule has 0 fully saturated rings. The standard InChI is InChI=1S/C18H16N4O3/c23-18(10-15-6-4-5-9-17(15)22(24)25)19-11-14-12-20-21(13-14)16-7-2-1-3-8-16/h1-9,12-13H,10-11H2,(H,19,23). The molecule has 3 rings (SSSR count). The van der Waals surface area contributed by atoms with Crippen LogP contribution in [0, 0.1) is 10.1 Å². The molecule has 0 saturated carbocycles. The van der Waals surface area contributed by atoms with Crippen molar-refractivity contribution in [2.45, 2.75) is 13.0 Å². The van der Waals surface area contributed by atoms with Gasteiger partial charge in [-0.25, -0.2) is 4.68 Å². The van der Waals surface area contributed by atoms with Crippen LogP contribution in [0.3, 0.4) is 0 Å². The summed E-state index contributed by atoms with van der Waals surface area (Å²) in [6.45, 7) is 0.312. The molecule has 0 aliphatic heterocycles. The number of amides is 1. The third-order valence-corrected chi connectivity index (χ3v) is 3.69. The van der Waals surface area contributed by atoms with Gasteiger partial charge in [0.25, 0.3) is 5.69 Å². The van der Waals surface area contributed by atoms with Crippen LogP contribution in [0.25, 0.3) is 5.69 Å². The number of nitro benzene ring substituents is 1. The highest BCUT2D eigenvalue weighted by molar-refractivity contribution is 5.79. The van der Waals surface area contributed by atoms with Gasteiger partial charge in [-0.05, 0) is 12.1 Å². The van der Waals surface area contributed by atoms with Crippen LogP contribution in [0.1, 0.15) is 11.1 Å². The first-order valence-corrected chi connectivity index (χ1v) is 7.71. The normalized spacial score (nSPS) is 10.4. The number of carbonyl (C=O) groups excluding carboxylic acids is 1. The molecule has 1 aromatic heterocycles. The van der Waals surface area contributed by atoms with Gasteiger partial charge >= 0.3 is 0 Å². The van der Waals surface area contributed by atoms with Crippen molar-refractivity contribution in [3.05, 3.63) is 88.2 Å². The number of hydrogen-bond donors (Lipinski definition) is 1. The zero-order valence-corrected chi connectivity index (χ0v) is 13.3. The van der Waals surface area contributed by atoms with Crippen LogP contribution in [0.5, 0.6) is 0 Å². The van der Waals surface area contributed by atoms with Gasteiger partial charge in [0.1, 0.15) is 0 Å². The van der Waals surface area contributed by atoms with Crippen LogP contribution in [-0.4, -0.2) is 20.6 Å². The average Bonchev–Trinajstić information content (AvgIpc) is 3.10. The lowest BCUT2D eigenvalue weighted by molar-refractivity contribution is -0.385. The average molecular weight is 336 g/mol. The number of rotatable bonds is 6. The molecular formula is C18H16N4O3. The fraction of sp³-hybridized carbons (Fsp3) is 0.111. The van der Waals surface area contributed by atoms with E-state index >= 15 is 0 Å². The third kappa shape index (κ3) is 4.08. The molecule has 126 valence electrons. The molecule has 7 nitrogen and oxygen atoms in total. The predicted molar refractivity (Wildman–Crippen MR) is 92.2 cm³/mol. The number of nitrogens with zero attached hydrogens (tertiary/aromatic N) is 3. The summed E-state index contributed by atoms with van der Waals surface area (Å²) in [6.07, 6.45) is 3.48. The van der Waals surface area contributed by atoms with Gasteiger partial charge in [0.15, 0.2) is 0 Å². The summed E-state index contributed by atoms with van der Waals surface area (Å²) in [5.41, 5.74) is 2.12. The summed E-state index contributed by atoms with van der Waals surface area (Å²) in [5.74, 6) is -0.276. The second kappa shape index (κ2) is 7.39. The van der Waals surface area contributed by atoms with Crippen LogP contribution in [0.2, 0.25) is 0 Å². The molecular weight excluding hydrogens is 320 g/mol. The lowest BCUT2D eigenvalue weighted by atomic mass is 10.1. The lowest BCUT2D eigenvalue weighted by Gasteiger charge is -2.04. The van der Waals surface area contributed by atoms with Crippen molar-refractivity contribution in [3.8, 4) is 5.69 Å². The summed E-state index contributed by atoms with van der Waals surface area (Å²) >= 11 is 0. The van der Waals surface area contributed by atoms with Crippen molar-refractivity contribution in [2.75, 3.05) is 0 Å². The second-order valence-corrected chi connectivity index (χ2v) is 5.47. The van der Waals surface area contributed by atoms with Gasteiger partial charge in [0.2, 0.25) is 5.91 Å². The van der Waals surface area contributed by atoms with E-state index in [0.29, 0.717) is 12.1 Å². The maximum Gasteiger partial charge on any atom is 0.273 e. The van der Waals surface area contributed by atoms with Crippen LogP contribution < -0.4 is 5.32 Å². The number of nitro groups is 1. The Kier molecular flexibility index (Phi) is 4.84. The summed E-state index contributed by atoms with van der Waals surface area (Å²) < 4.78 is 1.73. The first-order chi connectivity index (χ1) is 12.1. The monoisotopic (exact) mass is 336 g/mol. The van der Waals surface area contributed by atoms with Crippen molar-refractivity contribution >= 4 is 11.6 Å². The molecule has 7 heteroatoms. The minimum absolute atomic E-state index is 0.0377. The highest BCUT2D eigenvalue weighted by atomic mass is 16.6. The third-order valence-electron chi connectivity index (χ3n) is 3.69. The number of carbonyl (C=O) groups is 1. The lowest BCUT2D eigenvalue weighted by Crippen LogP contribution is -2.24. The minimum atomic E-state index is -0.480. The molecule has 0 aliphatic carbocycles. The molecule has 0 unspecified atom stereocenters. The molecule has 0 aliphatic rings. The van der Waals surface area contributed by atoms with Crippen molar-refractivity contribution < 1.29 is 9.72 Å². The van der Waals surface area contributed by atoms with E-state index in [4.69, 9.17) is 0 Å². The Morgan fingerprint density at radius 2 is 1.84 bits per heavy atom. The topological polar surface area (TPSA) is 90.1 Å². The van der Waals surface area contributed by atoms with Gasteiger partial charge < -0.3 is 5.32 Å². The molecule has 2 aromatic carbocycles. The van der Waals surface area contributed by atoms with Crippen LogP contribution in [-0.2, 0) is 17.8 Å². The van der Waals surface area contributed by atoms with Gasteiger partial charge in [-0.2, -0.15) is 5.10 Å². The Hall–Kier alpha value is -3.48. The second-order valence-electron chi connectivity index (χ2n) is 5.47.